The van der Waals surface area contributed by atoms with Crippen molar-refractivity contribution in [1.82, 2.24) is 9.88 Å². The highest BCUT2D eigenvalue weighted by Gasteiger charge is 2.29. The van der Waals surface area contributed by atoms with Gasteiger partial charge in [0, 0.05) is 37.9 Å². The predicted molar refractivity (Wildman–Crippen MR) is 87.5 cm³/mol. The minimum atomic E-state index is 0.607. The number of piperazine rings is 1. The van der Waals surface area contributed by atoms with Crippen LogP contribution in [0.2, 0.25) is 0 Å². The number of aromatic nitrogens is 1. The fraction of sp³-hybridized carbons (Fsp3) is 0.706. The van der Waals surface area contributed by atoms with Crippen molar-refractivity contribution in [2.45, 2.75) is 51.6 Å². The summed E-state index contributed by atoms with van der Waals surface area (Å²) in [5.41, 5.74) is 8.28. The Morgan fingerprint density at radius 2 is 2.14 bits per heavy atom. The topological polar surface area (TPSA) is 45.4 Å². The minimum Gasteiger partial charge on any atom is -0.354 e. The summed E-state index contributed by atoms with van der Waals surface area (Å²) in [5, 5.41) is 0. The van der Waals surface area contributed by atoms with E-state index in [1.165, 1.54) is 43.6 Å². The van der Waals surface area contributed by atoms with Crippen molar-refractivity contribution in [2.75, 3.05) is 31.1 Å². The summed E-state index contributed by atoms with van der Waals surface area (Å²) in [6, 6.07) is 5.09. The Kier molecular flexibility index (Phi) is 4.76. The molecule has 2 aliphatic heterocycles. The number of rotatable bonds is 4. The first kappa shape index (κ1) is 14.8. The molecule has 0 saturated carbocycles. The van der Waals surface area contributed by atoms with Crippen molar-refractivity contribution >= 4 is 5.82 Å². The van der Waals surface area contributed by atoms with E-state index >= 15 is 0 Å². The molecule has 1 unspecified atom stereocenters. The normalized spacial score (nSPS) is 23.1. The summed E-state index contributed by atoms with van der Waals surface area (Å²) in [4.78, 5) is 10.0. The van der Waals surface area contributed by atoms with Gasteiger partial charge < -0.3 is 10.6 Å². The molecule has 3 heterocycles. The second-order valence-electron chi connectivity index (χ2n) is 6.41. The molecule has 4 nitrogen and oxygen atoms in total. The fourth-order valence-corrected chi connectivity index (χ4v) is 3.66. The molecule has 0 radical (unpaired) electrons. The Labute approximate surface area is 128 Å². The lowest BCUT2D eigenvalue weighted by Gasteiger charge is -2.44. The maximum absolute atomic E-state index is 5.86. The van der Waals surface area contributed by atoms with Crippen LogP contribution in [0.15, 0.2) is 12.1 Å². The molecule has 3 rings (SSSR count). The zero-order valence-corrected chi connectivity index (χ0v) is 13.2. The van der Waals surface area contributed by atoms with Gasteiger partial charge in [-0.3, -0.25) is 4.90 Å². The molecule has 1 aromatic heterocycles. The first-order valence-electron chi connectivity index (χ1n) is 8.49. The van der Waals surface area contributed by atoms with Crippen LogP contribution in [0.4, 0.5) is 5.82 Å². The monoisotopic (exact) mass is 288 g/mol. The van der Waals surface area contributed by atoms with E-state index in [1.807, 2.05) is 0 Å². The number of aryl methyl sites for hydroxylation is 1. The van der Waals surface area contributed by atoms with E-state index in [9.17, 15) is 0 Å². The number of hydrogen-bond acceptors (Lipinski definition) is 4. The van der Waals surface area contributed by atoms with E-state index in [-0.39, 0.29) is 0 Å². The van der Waals surface area contributed by atoms with Crippen LogP contribution in [-0.2, 0) is 13.0 Å². The minimum absolute atomic E-state index is 0.607. The molecule has 2 fully saturated rings. The van der Waals surface area contributed by atoms with Crippen molar-refractivity contribution in [3.8, 4) is 0 Å². The second kappa shape index (κ2) is 6.75. The van der Waals surface area contributed by atoms with Gasteiger partial charge in [-0.25, -0.2) is 4.98 Å². The first-order chi connectivity index (χ1) is 10.3. The molecule has 1 aromatic rings. The lowest BCUT2D eigenvalue weighted by atomic mass is 9.99. The molecule has 21 heavy (non-hydrogen) atoms. The number of piperidine rings is 1. The molecule has 0 amide bonds. The molecule has 116 valence electrons. The van der Waals surface area contributed by atoms with Crippen LogP contribution in [0, 0.1) is 0 Å². The van der Waals surface area contributed by atoms with Gasteiger partial charge in [0.2, 0.25) is 0 Å². The highest BCUT2D eigenvalue weighted by atomic mass is 15.3. The summed E-state index contributed by atoms with van der Waals surface area (Å²) < 4.78 is 0. The number of nitrogens with zero attached hydrogens (tertiary/aromatic N) is 3. The van der Waals surface area contributed by atoms with E-state index in [1.54, 1.807) is 0 Å². The smallest absolute Gasteiger partial charge is 0.129 e. The van der Waals surface area contributed by atoms with E-state index < -0.39 is 0 Å². The Hall–Kier alpha value is -1.13. The van der Waals surface area contributed by atoms with E-state index in [0.717, 1.165) is 37.8 Å². The van der Waals surface area contributed by atoms with Gasteiger partial charge in [0.05, 0.1) is 0 Å². The third kappa shape index (κ3) is 3.38. The molecule has 4 heteroatoms. The SMILES string of the molecule is CCCc1cc(CN)cc(N2CCN3CCCCC3C2)n1. The van der Waals surface area contributed by atoms with Gasteiger partial charge in [-0.05, 0) is 43.5 Å². The molecule has 1 atom stereocenters. The van der Waals surface area contributed by atoms with Gasteiger partial charge in [-0.1, -0.05) is 19.8 Å². The summed E-state index contributed by atoms with van der Waals surface area (Å²) in [7, 11) is 0. The van der Waals surface area contributed by atoms with Gasteiger partial charge in [0.1, 0.15) is 5.82 Å². The Balaban J connectivity index is 1.77. The van der Waals surface area contributed by atoms with Crippen LogP contribution in [0.5, 0.6) is 0 Å². The number of nitrogens with two attached hydrogens (primary N) is 1. The summed E-state index contributed by atoms with van der Waals surface area (Å²) in [5.74, 6) is 1.15. The lowest BCUT2D eigenvalue weighted by molar-refractivity contribution is 0.133. The van der Waals surface area contributed by atoms with Crippen LogP contribution >= 0.6 is 0 Å². The van der Waals surface area contributed by atoms with Crippen LogP contribution < -0.4 is 10.6 Å². The Morgan fingerprint density at radius 1 is 1.24 bits per heavy atom. The third-order valence-electron chi connectivity index (χ3n) is 4.83. The summed E-state index contributed by atoms with van der Waals surface area (Å²) in [6.45, 7) is 7.51. The molecule has 0 aromatic carbocycles. The van der Waals surface area contributed by atoms with E-state index in [2.05, 4.69) is 28.9 Å². The van der Waals surface area contributed by atoms with Gasteiger partial charge in [-0.2, -0.15) is 0 Å². The molecule has 2 saturated heterocycles. The van der Waals surface area contributed by atoms with Crippen molar-refractivity contribution in [3.05, 3.63) is 23.4 Å². The summed E-state index contributed by atoms with van der Waals surface area (Å²) in [6.07, 6.45) is 6.28. The quantitative estimate of drug-likeness (QED) is 0.922. The predicted octanol–water partition coefficient (Wildman–Crippen LogP) is 2.17. The van der Waals surface area contributed by atoms with E-state index in [4.69, 9.17) is 10.7 Å². The Bertz CT molecular complexity index is 474. The van der Waals surface area contributed by atoms with Crippen LogP contribution in [0.1, 0.15) is 43.9 Å². The third-order valence-corrected chi connectivity index (χ3v) is 4.83. The average Bonchev–Trinajstić information content (AvgIpc) is 2.54. The van der Waals surface area contributed by atoms with Gasteiger partial charge in [0.25, 0.3) is 0 Å². The maximum Gasteiger partial charge on any atom is 0.129 e. The maximum atomic E-state index is 5.86. The van der Waals surface area contributed by atoms with Crippen molar-refractivity contribution in [1.29, 1.82) is 0 Å². The number of anilines is 1. The van der Waals surface area contributed by atoms with Gasteiger partial charge in [-0.15, -0.1) is 0 Å². The molecule has 2 N–H and O–H groups in total. The summed E-state index contributed by atoms with van der Waals surface area (Å²) >= 11 is 0. The van der Waals surface area contributed by atoms with Crippen molar-refractivity contribution < 1.29 is 0 Å². The molecule has 0 aliphatic carbocycles. The molecule has 2 aliphatic rings. The molecule has 0 bridgehead atoms. The second-order valence-corrected chi connectivity index (χ2v) is 6.41. The van der Waals surface area contributed by atoms with Crippen LogP contribution in [-0.4, -0.2) is 42.1 Å². The number of pyridine rings is 1. The van der Waals surface area contributed by atoms with Crippen molar-refractivity contribution in [2.24, 2.45) is 5.73 Å². The van der Waals surface area contributed by atoms with Gasteiger partial charge in [0.15, 0.2) is 0 Å². The highest BCUT2D eigenvalue weighted by Crippen LogP contribution is 2.25. The Morgan fingerprint density at radius 3 is 2.95 bits per heavy atom. The number of hydrogen-bond donors (Lipinski definition) is 1. The highest BCUT2D eigenvalue weighted by molar-refractivity contribution is 5.43. The van der Waals surface area contributed by atoms with Crippen LogP contribution in [0.25, 0.3) is 0 Å². The van der Waals surface area contributed by atoms with Gasteiger partial charge >= 0.3 is 0 Å². The standard InChI is InChI=1S/C17H28N4/c1-2-5-15-10-14(12-18)11-17(19-15)21-9-8-20-7-4-3-6-16(20)13-21/h10-11,16H,2-9,12-13,18H2,1H3. The lowest BCUT2D eigenvalue weighted by Crippen LogP contribution is -2.55. The largest absolute Gasteiger partial charge is 0.354 e. The zero-order chi connectivity index (χ0) is 14.7. The van der Waals surface area contributed by atoms with Crippen molar-refractivity contribution in [3.63, 3.8) is 0 Å². The van der Waals surface area contributed by atoms with Crippen LogP contribution in [0.3, 0.4) is 0 Å². The molecule has 0 spiro atoms. The molecular weight excluding hydrogens is 260 g/mol. The number of fused-ring (bicyclic) bond motifs is 1. The molecular formula is C17H28N4. The fourth-order valence-electron chi connectivity index (χ4n) is 3.66. The first-order valence-corrected chi connectivity index (χ1v) is 8.49. The van der Waals surface area contributed by atoms with E-state index in [0.29, 0.717) is 6.54 Å². The zero-order valence-electron chi connectivity index (χ0n) is 13.2. The average molecular weight is 288 g/mol.